The van der Waals surface area contributed by atoms with E-state index in [2.05, 4.69) is 0 Å². The van der Waals surface area contributed by atoms with Crippen LogP contribution in [-0.2, 0) is 46.1 Å². The van der Waals surface area contributed by atoms with Crippen LogP contribution in [0.3, 0.4) is 0 Å². The van der Waals surface area contributed by atoms with Gasteiger partial charge >= 0.3 is 74.6 Å². The first kappa shape index (κ1) is 27.8. The van der Waals surface area contributed by atoms with E-state index in [0.717, 1.165) is 0 Å². The van der Waals surface area contributed by atoms with Crippen LogP contribution in [0.2, 0.25) is 0 Å². The molecule has 0 fully saturated rings. The second-order valence-corrected chi connectivity index (χ2v) is 4.54. The third-order valence-corrected chi connectivity index (χ3v) is 1.70. The molecule has 0 amide bonds. The average Bonchev–Trinajstić information content (AvgIpc) is 1.77. The van der Waals surface area contributed by atoms with E-state index in [1.165, 1.54) is 0 Å². The molecule has 0 aromatic carbocycles. The second kappa shape index (κ2) is 8.74. The monoisotopic (exact) mass is 643 g/mol. The van der Waals surface area contributed by atoms with E-state index < -0.39 is 31.3 Å². The fraction of sp³-hybridized carbons (Fsp3) is 1.00. The van der Waals surface area contributed by atoms with Gasteiger partial charge in [-0.1, -0.05) is 0 Å². The van der Waals surface area contributed by atoms with E-state index in [0.29, 0.717) is 0 Å². The van der Waals surface area contributed by atoms with Crippen LogP contribution in [0, 0.1) is 37.7 Å². The van der Waals surface area contributed by atoms with Crippen LogP contribution in [0.5, 0.6) is 0 Å². The Morgan fingerprint density at radius 1 is 0.667 bits per heavy atom. The molecule has 0 unspecified atom stereocenters. The normalized spacial score (nSPS) is 12.4. The van der Waals surface area contributed by atoms with Crippen molar-refractivity contribution in [2.45, 2.75) is 11.0 Å². The van der Waals surface area contributed by atoms with E-state index in [-0.39, 0.29) is 63.6 Å². The van der Waals surface area contributed by atoms with Gasteiger partial charge in [-0.15, -0.1) is 0 Å². The van der Waals surface area contributed by atoms with Crippen LogP contribution in [0.4, 0.5) is 26.3 Å². The van der Waals surface area contributed by atoms with E-state index in [9.17, 15) is 26.3 Å². The van der Waals surface area contributed by atoms with Gasteiger partial charge in [0.05, 0.1) is 0 Å². The van der Waals surface area contributed by atoms with Crippen molar-refractivity contribution in [2.24, 2.45) is 0 Å². The molecule has 0 aliphatic carbocycles. The van der Waals surface area contributed by atoms with Gasteiger partial charge in [0.25, 0.3) is 0 Å². The largest absolute Gasteiger partial charge is 4.00 e. The molecule has 16 heteroatoms. The first-order valence-electron chi connectivity index (χ1n) is 2.54. The quantitative estimate of drug-likeness (QED) is 0.161. The van der Waals surface area contributed by atoms with Gasteiger partial charge in [-0.25, -0.2) is 16.8 Å². The zero-order chi connectivity index (χ0) is 14.0. The van der Waals surface area contributed by atoms with E-state index >= 15 is 0 Å². The van der Waals surface area contributed by atoms with Gasteiger partial charge in [-0.05, 0) is 0 Å². The summed E-state index contributed by atoms with van der Waals surface area (Å²) in [5.74, 6) is 0. The zero-order valence-electron chi connectivity index (χ0n) is 7.34. The Balaban J connectivity index is -0.0000000980. The molecule has 0 bridgehead atoms. The predicted octanol–water partition coefficient (Wildman–Crippen LogP) is 0.100. The first-order chi connectivity index (χ1) is 6.50. The van der Waals surface area contributed by atoms with Crippen molar-refractivity contribution in [1.82, 2.24) is 0 Å². The number of hydrogen-bond donors (Lipinski definition) is 0. The number of halogens is 6. The molecule has 0 N–H and O–H groups in total. The summed E-state index contributed by atoms with van der Waals surface area (Å²) in [5, 5.41) is 0. The van der Waals surface area contributed by atoms with Gasteiger partial charge < -0.3 is 9.11 Å². The maximum absolute atomic E-state index is 10.7. The topological polar surface area (TPSA) is 114 Å². The smallest absolute Gasteiger partial charge is 0.741 e. The molecule has 0 radical (unpaired) electrons. The summed E-state index contributed by atoms with van der Waals surface area (Å²) >= 11 is 0. The molecule has 0 aromatic heterocycles. The Morgan fingerprint density at radius 3 is 0.722 bits per heavy atom. The number of hydrogen-bond acceptors (Lipinski definition) is 6. The minimum Gasteiger partial charge on any atom is -0.741 e. The molecule has 0 aliphatic rings. The summed E-state index contributed by atoms with van der Waals surface area (Å²) in [6.07, 6.45) is 0. The molecule has 18 heavy (non-hydrogen) atoms. The Morgan fingerprint density at radius 2 is 0.722 bits per heavy atom. The average molecular weight is 642 g/mol. The minimum absolute atomic E-state index is 0. The molecule has 0 atom stereocenters. The summed E-state index contributed by atoms with van der Waals surface area (Å²) in [6.45, 7) is 0. The fourth-order valence-corrected chi connectivity index (χ4v) is 0. The van der Waals surface area contributed by atoms with Crippen LogP contribution < -0.4 is 0 Å². The maximum Gasteiger partial charge on any atom is 4.00 e. The number of rotatable bonds is 0. The molecule has 0 heterocycles. The fourth-order valence-electron chi connectivity index (χ4n) is 0. The van der Waals surface area contributed by atoms with Crippen molar-refractivity contribution in [3.05, 3.63) is 0 Å². The Labute approximate surface area is 145 Å². The summed E-state index contributed by atoms with van der Waals surface area (Å²) in [5.41, 5.74) is -11.3. The van der Waals surface area contributed by atoms with Crippen LogP contribution in [0.15, 0.2) is 0 Å². The molecule has 0 rings (SSSR count). The molecule has 0 saturated heterocycles. The summed E-state index contributed by atoms with van der Waals surface area (Å²) in [4.78, 5) is 0. The first-order valence-corrected chi connectivity index (χ1v) is 5.36. The number of alkyl halides is 6. The SMILES string of the molecule is O=S(=O)([O-])C(F)(F)F.O=S(=O)([O-])C(F)(F)F.[Hf+4].[Ho+3]. The van der Waals surface area contributed by atoms with Crippen LogP contribution in [-0.4, -0.2) is 37.0 Å². The molecule has 0 aromatic rings. The minimum atomic E-state index is -6.09. The van der Waals surface area contributed by atoms with Gasteiger partial charge in [0.15, 0.2) is 20.2 Å². The van der Waals surface area contributed by atoms with E-state index in [4.69, 9.17) is 25.9 Å². The third kappa shape index (κ3) is 12.6. The van der Waals surface area contributed by atoms with Crippen molar-refractivity contribution >= 4 is 20.2 Å². The molecule has 0 spiro atoms. The van der Waals surface area contributed by atoms with Crippen molar-refractivity contribution in [3.8, 4) is 0 Å². The van der Waals surface area contributed by atoms with Crippen LogP contribution in [0.25, 0.3) is 0 Å². The van der Waals surface area contributed by atoms with Gasteiger partial charge in [0, 0.05) is 0 Å². The van der Waals surface area contributed by atoms with Crippen molar-refractivity contribution in [3.63, 3.8) is 0 Å². The van der Waals surface area contributed by atoms with Crippen molar-refractivity contribution in [2.75, 3.05) is 0 Å². The predicted molar refractivity (Wildman–Crippen MR) is 31.5 cm³/mol. The molecule has 6 nitrogen and oxygen atoms in total. The molecular formula is C2F6HfHoO6S2+5. The zero-order valence-corrected chi connectivity index (χ0v) is 14.5. The van der Waals surface area contributed by atoms with E-state index in [1.54, 1.807) is 0 Å². The Bertz CT molecular complexity index is 380. The maximum atomic E-state index is 10.7. The molecule has 0 saturated carbocycles. The second-order valence-electron chi connectivity index (χ2n) is 1.80. The van der Waals surface area contributed by atoms with Crippen LogP contribution >= 0.6 is 0 Å². The van der Waals surface area contributed by atoms with E-state index in [1.807, 2.05) is 0 Å². The molecular weight excluding hydrogens is 642 g/mol. The third-order valence-electron chi connectivity index (χ3n) is 0.567. The standard InChI is InChI=1S/2CHF3O3S.Hf.Ho/c2*2-1(3,4)8(5,6)7;;/h2*(H,5,6,7);;/q;;+4;+3/p-2. The van der Waals surface area contributed by atoms with Crippen LogP contribution in [0.1, 0.15) is 0 Å². The van der Waals surface area contributed by atoms with Gasteiger partial charge in [-0.3, -0.25) is 0 Å². The summed E-state index contributed by atoms with van der Waals surface area (Å²) in [6, 6.07) is 0. The summed E-state index contributed by atoms with van der Waals surface area (Å²) in [7, 11) is -12.2. The van der Waals surface area contributed by atoms with Gasteiger partial charge in [-0.2, -0.15) is 26.3 Å². The van der Waals surface area contributed by atoms with Crippen molar-refractivity contribution < 1.29 is 116 Å². The molecule has 108 valence electrons. The molecule has 0 aliphatic heterocycles. The van der Waals surface area contributed by atoms with Crippen molar-refractivity contribution in [1.29, 1.82) is 0 Å². The Kier molecular flexibility index (Phi) is 13.5. The van der Waals surface area contributed by atoms with Gasteiger partial charge in [0.1, 0.15) is 0 Å². The Hall–Kier alpha value is 1.53. The van der Waals surface area contributed by atoms with Gasteiger partial charge in [0.2, 0.25) is 0 Å². The summed E-state index contributed by atoms with van der Waals surface area (Å²) < 4.78 is 118.